The van der Waals surface area contributed by atoms with Crippen LogP contribution in [0.5, 0.6) is 5.75 Å². The largest absolute Gasteiger partial charge is 0.461 e. The van der Waals surface area contributed by atoms with Crippen LogP contribution >= 0.6 is 0 Å². The van der Waals surface area contributed by atoms with E-state index in [9.17, 15) is 30.7 Å². The van der Waals surface area contributed by atoms with Crippen LogP contribution in [-0.2, 0) is 0 Å². The Kier molecular flexibility index (Phi) is 8.60. The first-order valence-corrected chi connectivity index (χ1v) is 12.0. The molecule has 33 heavy (non-hydrogen) atoms. The molecule has 2 fully saturated rings. The van der Waals surface area contributed by atoms with Crippen molar-refractivity contribution in [1.82, 2.24) is 0 Å². The first-order chi connectivity index (χ1) is 15.5. The third-order valence-electron chi connectivity index (χ3n) is 7.48. The topological polar surface area (TPSA) is 9.23 Å². The van der Waals surface area contributed by atoms with Crippen LogP contribution in [0.1, 0.15) is 89.0 Å². The minimum absolute atomic E-state index is 0.0847. The van der Waals surface area contributed by atoms with Gasteiger partial charge in [0.15, 0.2) is 11.6 Å². The summed E-state index contributed by atoms with van der Waals surface area (Å²) in [4.78, 5) is 0. The minimum Gasteiger partial charge on any atom is -0.425 e. The predicted molar refractivity (Wildman–Crippen MR) is 113 cm³/mol. The third kappa shape index (κ3) is 6.78. The Balaban J connectivity index is 1.51. The number of rotatable bonds is 9. The zero-order valence-electron chi connectivity index (χ0n) is 19.0. The minimum atomic E-state index is -4.78. The Labute approximate surface area is 191 Å². The molecule has 1 nitrogen and oxygen atoms in total. The van der Waals surface area contributed by atoms with Gasteiger partial charge in [0.2, 0.25) is 0 Å². The van der Waals surface area contributed by atoms with Crippen molar-refractivity contribution in [2.45, 2.75) is 102 Å². The van der Waals surface area contributed by atoms with E-state index in [0.717, 1.165) is 37.8 Å². The van der Waals surface area contributed by atoms with E-state index in [4.69, 9.17) is 0 Å². The average molecular weight is 483 g/mol. The van der Waals surface area contributed by atoms with Gasteiger partial charge >= 0.3 is 12.5 Å². The summed E-state index contributed by atoms with van der Waals surface area (Å²) in [5.41, 5.74) is 0.541. The Morgan fingerprint density at radius 3 is 2.06 bits per heavy atom. The van der Waals surface area contributed by atoms with Gasteiger partial charge < -0.3 is 4.74 Å². The molecule has 0 radical (unpaired) electrons. The zero-order valence-corrected chi connectivity index (χ0v) is 19.0. The van der Waals surface area contributed by atoms with Crippen LogP contribution in [-0.4, -0.2) is 18.5 Å². The van der Waals surface area contributed by atoms with Crippen molar-refractivity contribution in [1.29, 1.82) is 0 Å². The van der Waals surface area contributed by atoms with Crippen molar-refractivity contribution < 1.29 is 35.5 Å². The standard InChI is InChI=1S/C25H33F7O/c1-2-3-16-6-11-20(12-7-16)24(29,30)15-17-4-8-18(9-5-17)19-10-13-22(21(26)14-19)33-25(31,32)23(27)28/h10,13-14,16-18,20,23H,2-9,11-12,15H2,1H3. The van der Waals surface area contributed by atoms with E-state index in [1.54, 1.807) is 0 Å². The van der Waals surface area contributed by atoms with Gasteiger partial charge in [0.1, 0.15) is 0 Å². The first kappa shape index (κ1) is 26.1. The van der Waals surface area contributed by atoms with E-state index < -0.39 is 35.9 Å². The molecule has 2 aliphatic carbocycles. The summed E-state index contributed by atoms with van der Waals surface area (Å²) in [6.07, 6.45) is -1.44. The quantitative estimate of drug-likeness (QED) is 0.319. The normalized spacial score (nSPS) is 27.1. The van der Waals surface area contributed by atoms with Crippen molar-refractivity contribution in [2.75, 3.05) is 0 Å². The smallest absolute Gasteiger partial charge is 0.425 e. The molecule has 0 heterocycles. The molecule has 1 aromatic carbocycles. The van der Waals surface area contributed by atoms with E-state index in [1.807, 2.05) is 0 Å². The Morgan fingerprint density at radius 1 is 0.909 bits per heavy atom. The predicted octanol–water partition coefficient (Wildman–Crippen LogP) is 8.97. The first-order valence-electron chi connectivity index (χ1n) is 12.0. The molecule has 0 spiro atoms. The second-order valence-corrected chi connectivity index (χ2v) is 9.84. The highest BCUT2D eigenvalue weighted by molar-refractivity contribution is 5.32. The second kappa shape index (κ2) is 10.9. The third-order valence-corrected chi connectivity index (χ3v) is 7.48. The van der Waals surface area contributed by atoms with Crippen LogP contribution < -0.4 is 4.74 Å². The van der Waals surface area contributed by atoms with Crippen LogP contribution in [0.25, 0.3) is 0 Å². The lowest BCUT2D eigenvalue weighted by molar-refractivity contribution is -0.254. The van der Waals surface area contributed by atoms with E-state index in [1.165, 1.54) is 6.07 Å². The summed E-state index contributed by atoms with van der Waals surface area (Å²) in [6, 6.07) is 3.33. The average Bonchev–Trinajstić information content (AvgIpc) is 2.76. The molecule has 0 aliphatic heterocycles. The molecule has 0 atom stereocenters. The molecule has 188 valence electrons. The molecule has 0 aromatic heterocycles. The lowest BCUT2D eigenvalue weighted by atomic mass is 9.72. The molecule has 0 bridgehead atoms. The lowest BCUT2D eigenvalue weighted by Gasteiger charge is -2.37. The summed E-state index contributed by atoms with van der Waals surface area (Å²) in [7, 11) is 0. The van der Waals surface area contributed by atoms with E-state index in [0.29, 0.717) is 50.0 Å². The van der Waals surface area contributed by atoms with E-state index in [2.05, 4.69) is 11.7 Å². The van der Waals surface area contributed by atoms with Crippen molar-refractivity contribution in [2.24, 2.45) is 17.8 Å². The zero-order chi connectivity index (χ0) is 24.2. The Hall–Kier alpha value is -1.47. The fourth-order valence-corrected chi connectivity index (χ4v) is 5.58. The van der Waals surface area contributed by atoms with Gasteiger partial charge in [0.25, 0.3) is 5.92 Å². The summed E-state index contributed by atoms with van der Waals surface area (Å²) in [6.45, 7) is 2.12. The van der Waals surface area contributed by atoms with Crippen molar-refractivity contribution in [3.05, 3.63) is 29.6 Å². The van der Waals surface area contributed by atoms with Gasteiger partial charge in [-0.25, -0.2) is 13.2 Å². The van der Waals surface area contributed by atoms with Crippen LogP contribution in [0.2, 0.25) is 0 Å². The van der Waals surface area contributed by atoms with Gasteiger partial charge in [-0.2, -0.15) is 17.6 Å². The van der Waals surface area contributed by atoms with Gasteiger partial charge in [-0.15, -0.1) is 0 Å². The van der Waals surface area contributed by atoms with Crippen LogP contribution in [0.4, 0.5) is 30.7 Å². The van der Waals surface area contributed by atoms with Crippen LogP contribution in [0.15, 0.2) is 18.2 Å². The second-order valence-electron chi connectivity index (χ2n) is 9.84. The van der Waals surface area contributed by atoms with Crippen LogP contribution in [0, 0.1) is 23.6 Å². The maximum atomic E-state index is 14.9. The molecule has 1 aromatic rings. The molecule has 3 rings (SSSR count). The van der Waals surface area contributed by atoms with Gasteiger partial charge in [0, 0.05) is 12.3 Å². The SMILES string of the molecule is CCCC1CCC(C(F)(F)CC2CCC(c3ccc(OC(F)(F)C(F)F)c(F)c3)CC2)CC1. The number of benzene rings is 1. The number of alkyl halides is 6. The number of ether oxygens (including phenoxy) is 1. The fourth-order valence-electron chi connectivity index (χ4n) is 5.58. The molecule has 0 N–H and O–H groups in total. The van der Waals surface area contributed by atoms with Crippen molar-refractivity contribution in [3.8, 4) is 5.75 Å². The maximum Gasteiger partial charge on any atom is 0.461 e. The highest BCUT2D eigenvalue weighted by Crippen LogP contribution is 2.46. The maximum absolute atomic E-state index is 14.9. The highest BCUT2D eigenvalue weighted by atomic mass is 19.3. The molecule has 0 amide bonds. The van der Waals surface area contributed by atoms with Gasteiger partial charge in [-0.05, 0) is 86.8 Å². The molecule has 0 unspecified atom stereocenters. The summed E-state index contributed by atoms with van der Waals surface area (Å²) in [5.74, 6) is -4.89. The fraction of sp³-hybridized carbons (Fsp3) is 0.760. The summed E-state index contributed by atoms with van der Waals surface area (Å²) >= 11 is 0. The molecule has 2 aliphatic rings. The number of hydrogen-bond acceptors (Lipinski definition) is 1. The summed E-state index contributed by atoms with van der Waals surface area (Å²) in [5, 5.41) is 0. The van der Waals surface area contributed by atoms with Gasteiger partial charge in [-0.1, -0.05) is 25.8 Å². The van der Waals surface area contributed by atoms with Crippen LogP contribution in [0.3, 0.4) is 0 Å². The number of halogens is 7. The van der Waals surface area contributed by atoms with Gasteiger partial charge in [0.05, 0.1) is 0 Å². The Morgan fingerprint density at radius 2 is 1.52 bits per heavy atom. The molecular formula is C25H33F7O. The van der Waals surface area contributed by atoms with E-state index >= 15 is 0 Å². The van der Waals surface area contributed by atoms with Crippen molar-refractivity contribution >= 4 is 0 Å². The molecular weight excluding hydrogens is 449 g/mol. The summed E-state index contributed by atoms with van der Waals surface area (Å²) < 4.78 is 98.5. The molecule has 2 saturated carbocycles. The molecule has 8 heteroatoms. The Bertz CT molecular complexity index is 751. The highest BCUT2D eigenvalue weighted by Gasteiger charge is 2.45. The molecule has 0 saturated heterocycles. The van der Waals surface area contributed by atoms with Gasteiger partial charge in [-0.3, -0.25) is 0 Å². The monoisotopic (exact) mass is 482 g/mol. The number of hydrogen-bond donors (Lipinski definition) is 0. The lowest BCUT2D eigenvalue weighted by Crippen LogP contribution is -2.34. The van der Waals surface area contributed by atoms with E-state index in [-0.39, 0.29) is 18.3 Å². The van der Waals surface area contributed by atoms with Crippen molar-refractivity contribution in [3.63, 3.8) is 0 Å².